The van der Waals surface area contributed by atoms with Crippen LogP contribution in [0, 0.1) is 6.92 Å². The predicted octanol–water partition coefficient (Wildman–Crippen LogP) is 3.02. The van der Waals surface area contributed by atoms with Crippen molar-refractivity contribution < 1.29 is 5.11 Å². The molecule has 0 spiro atoms. The van der Waals surface area contributed by atoms with Gasteiger partial charge in [-0.15, -0.1) is 0 Å². The van der Waals surface area contributed by atoms with E-state index in [4.69, 9.17) is 0 Å². The maximum atomic E-state index is 9.70. The molecule has 0 aliphatic rings. The van der Waals surface area contributed by atoms with Gasteiger partial charge in [0.15, 0.2) is 0 Å². The van der Waals surface area contributed by atoms with Crippen LogP contribution in [0.3, 0.4) is 0 Å². The average Bonchev–Trinajstić information content (AvgIpc) is 2.38. The number of hydrogen-bond acceptors (Lipinski definition) is 4. The van der Waals surface area contributed by atoms with E-state index in [0.29, 0.717) is 6.42 Å². The minimum absolute atomic E-state index is 0.644. The fourth-order valence-electron chi connectivity index (χ4n) is 1.92. The van der Waals surface area contributed by atoms with Gasteiger partial charge in [0.2, 0.25) is 0 Å². The molecular weight excluding hydrogens is 250 g/mol. The van der Waals surface area contributed by atoms with Crippen molar-refractivity contribution in [3.05, 3.63) is 42.4 Å². The number of aliphatic hydroxyl groups is 1. The molecule has 4 nitrogen and oxygen atoms in total. The third kappa shape index (κ3) is 4.31. The summed E-state index contributed by atoms with van der Waals surface area (Å²) in [7, 11) is 0. The van der Waals surface area contributed by atoms with Gasteiger partial charge in [0.05, 0.1) is 11.3 Å². The molecule has 1 heterocycles. The molecule has 106 valence electrons. The van der Waals surface area contributed by atoms with E-state index >= 15 is 0 Å². The van der Waals surface area contributed by atoms with Crippen LogP contribution in [-0.4, -0.2) is 27.2 Å². The second kappa shape index (κ2) is 6.01. The van der Waals surface area contributed by atoms with Gasteiger partial charge in [0.25, 0.3) is 0 Å². The van der Waals surface area contributed by atoms with Crippen molar-refractivity contribution in [2.45, 2.75) is 32.8 Å². The van der Waals surface area contributed by atoms with Gasteiger partial charge in [-0.25, -0.2) is 9.97 Å². The van der Waals surface area contributed by atoms with Crippen LogP contribution in [0.2, 0.25) is 0 Å². The molecule has 2 aromatic rings. The largest absolute Gasteiger partial charge is 0.390 e. The van der Waals surface area contributed by atoms with Crippen LogP contribution in [0.5, 0.6) is 0 Å². The highest BCUT2D eigenvalue weighted by molar-refractivity contribution is 5.64. The molecule has 0 aliphatic carbocycles. The predicted molar refractivity (Wildman–Crippen MR) is 81.6 cm³/mol. The second-order valence-corrected chi connectivity index (χ2v) is 5.56. The zero-order valence-corrected chi connectivity index (χ0v) is 12.2. The summed E-state index contributed by atoms with van der Waals surface area (Å²) in [5.41, 5.74) is 2.37. The Bertz CT molecular complexity index is 576. The molecule has 20 heavy (non-hydrogen) atoms. The van der Waals surface area contributed by atoms with Gasteiger partial charge in [0, 0.05) is 24.0 Å². The van der Waals surface area contributed by atoms with Gasteiger partial charge in [-0.1, -0.05) is 12.1 Å². The van der Waals surface area contributed by atoms with Crippen LogP contribution < -0.4 is 5.32 Å². The van der Waals surface area contributed by atoms with Gasteiger partial charge in [0.1, 0.15) is 5.82 Å². The first-order valence-corrected chi connectivity index (χ1v) is 6.80. The zero-order valence-electron chi connectivity index (χ0n) is 12.2. The monoisotopic (exact) mass is 271 g/mol. The smallest absolute Gasteiger partial charge is 0.125 e. The lowest BCUT2D eigenvalue weighted by Gasteiger charge is -2.17. The van der Waals surface area contributed by atoms with Crippen LogP contribution in [0.25, 0.3) is 11.3 Å². The fourth-order valence-corrected chi connectivity index (χ4v) is 1.92. The second-order valence-electron chi connectivity index (χ2n) is 5.56. The Labute approximate surface area is 119 Å². The topological polar surface area (TPSA) is 58.0 Å². The lowest BCUT2D eigenvalue weighted by Crippen LogP contribution is -2.22. The summed E-state index contributed by atoms with van der Waals surface area (Å²) < 4.78 is 0. The van der Waals surface area contributed by atoms with Crippen molar-refractivity contribution >= 4 is 5.69 Å². The first-order chi connectivity index (χ1) is 9.44. The van der Waals surface area contributed by atoms with Crippen molar-refractivity contribution in [2.75, 3.05) is 11.9 Å². The number of aromatic nitrogens is 2. The zero-order chi connectivity index (χ0) is 14.6. The van der Waals surface area contributed by atoms with Crippen LogP contribution in [0.15, 0.2) is 36.5 Å². The summed E-state index contributed by atoms with van der Waals surface area (Å²) in [6, 6.07) is 10.0. The Morgan fingerprint density at radius 3 is 2.75 bits per heavy atom. The number of aryl methyl sites for hydroxylation is 1. The Morgan fingerprint density at radius 2 is 2.05 bits per heavy atom. The third-order valence-corrected chi connectivity index (χ3v) is 3.00. The van der Waals surface area contributed by atoms with Gasteiger partial charge in [-0.2, -0.15) is 0 Å². The molecule has 4 heteroatoms. The lowest BCUT2D eigenvalue weighted by molar-refractivity contribution is 0.0749. The summed E-state index contributed by atoms with van der Waals surface area (Å²) in [5, 5.41) is 13.0. The highest BCUT2D eigenvalue weighted by Gasteiger charge is 2.11. The van der Waals surface area contributed by atoms with Gasteiger partial charge in [-0.3, -0.25) is 0 Å². The Kier molecular flexibility index (Phi) is 4.35. The standard InChI is InChI=1S/C16H21N3O/c1-12-17-9-7-15(19-12)13-5-4-6-14(11-13)18-10-8-16(2,3)20/h4-7,9,11,18,20H,8,10H2,1-3H3. The van der Waals surface area contributed by atoms with E-state index in [1.54, 1.807) is 6.20 Å². The quantitative estimate of drug-likeness (QED) is 0.877. The lowest BCUT2D eigenvalue weighted by atomic mass is 10.1. The van der Waals surface area contributed by atoms with Crippen molar-refractivity contribution in [3.8, 4) is 11.3 Å². The summed E-state index contributed by atoms with van der Waals surface area (Å²) in [6.07, 6.45) is 2.47. The fraction of sp³-hybridized carbons (Fsp3) is 0.375. The maximum Gasteiger partial charge on any atom is 0.125 e. The van der Waals surface area contributed by atoms with E-state index in [0.717, 1.165) is 29.3 Å². The first kappa shape index (κ1) is 14.5. The van der Waals surface area contributed by atoms with E-state index in [2.05, 4.69) is 21.4 Å². The van der Waals surface area contributed by atoms with E-state index in [-0.39, 0.29) is 0 Å². The molecule has 2 rings (SSSR count). The van der Waals surface area contributed by atoms with Gasteiger partial charge in [-0.05, 0) is 45.4 Å². The normalized spacial score (nSPS) is 11.4. The minimum Gasteiger partial charge on any atom is -0.390 e. The molecular formula is C16H21N3O. The molecule has 1 aromatic carbocycles. The minimum atomic E-state index is -0.644. The maximum absolute atomic E-state index is 9.70. The number of benzene rings is 1. The molecule has 2 N–H and O–H groups in total. The number of rotatable bonds is 5. The van der Waals surface area contributed by atoms with Crippen molar-refractivity contribution in [1.82, 2.24) is 9.97 Å². The molecule has 0 aliphatic heterocycles. The van der Waals surface area contributed by atoms with Crippen molar-refractivity contribution in [3.63, 3.8) is 0 Å². The summed E-state index contributed by atoms with van der Waals surface area (Å²) in [5.74, 6) is 0.767. The molecule has 0 unspecified atom stereocenters. The molecule has 0 saturated heterocycles. The number of nitrogens with one attached hydrogen (secondary N) is 1. The Balaban J connectivity index is 2.08. The van der Waals surface area contributed by atoms with Gasteiger partial charge < -0.3 is 10.4 Å². The van der Waals surface area contributed by atoms with Crippen LogP contribution >= 0.6 is 0 Å². The van der Waals surface area contributed by atoms with E-state index in [1.807, 2.05) is 45.0 Å². The molecule has 0 amide bonds. The SMILES string of the molecule is Cc1nccc(-c2cccc(NCCC(C)(C)O)c2)n1. The van der Waals surface area contributed by atoms with Gasteiger partial charge >= 0.3 is 0 Å². The average molecular weight is 271 g/mol. The molecule has 0 radical (unpaired) electrons. The first-order valence-electron chi connectivity index (χ1n) is 6.80. The molecule has 0 atom stereocenters. The molecule has 1 aromatic heterocycles. The molecule has 0 bridgehead atoms. The van der Waals surface area contributed by atoms with Crippen LogP contribution in [0.1, 0.15) is 26.1 Å². The third-order valence-electron chi connectivity index (χ3n) is 3.00. The van der Waals surface area contributed by atoms with Crippen LogP contribution in [0.4, 0.5) is 5.69 Å². The van der Waals surface area contributed by atoms with E-state index in [1.165, 1.54) is 0 Å². The van der Waals surface area contributed by atoms with E-state index < -0.39 is 5.60 Å². The van der Waals surface area contributed by atoms with Crippen LogP contribution in [-0.2, 0) is 0 Å². The number of anilines is 1. The highest BCUT2D eigenvalue weighted by atomic mass is 16.3. The molecule has 0 saturated carbocycles. The van der Waals surface area contributed by atoms with E-state index in [9.17, 15) is 5.11 Å². The van der Waals surface area contributed by atoms with Crippen molar-refractivity contribution in [2.24, 2.45) is 0 Å². The Morgan fingerprint density at radius 1 is 1.25 bits per heavy atom. The highest BCUT2D eigenvalue weighted by Crippen LogP contribution is 2.21. The summed E-state index contributed by atoms with van der Waals surface area (Å²) in [6.45, 7) is 6.24. The number of hydrogen-bond donors (Lipinski definition) is 2. The Hall–Kier alpha value is -1.94. The summed E-state index contributed by atoms with van der Waals surface area (Å²) in [4.78, 5) is 8.54. The van der Waals surface area contributed by atoms with Crippen molar-refractivity contribution in [1.29, 1.82) is 0 Å². The summed E-state index contributed by atoms with van der Waals surface area (Å²) >= 11 is 0. The number of nitrogens with zero attached hydrogens (tertiary/aromatic N) is 2. The molecule has 0 fully saturated rings.